The maximum atomic E-state index is 8.96. The Morgan fingerprint density at radius 2 is 2.07 bits per heavy atom. The molecule has 2 rings (SSSR count). The Bertz CT molecular complexity index is 378. The minimum atomic E-state index is -0.0200. The third-order valence-corrected chi connectivity index (χ3v) is 2.78. The summed E-state index contributed by atoms with van der Waals surface area (Å²) in [5, 5.41) is 12.8. The fourth-order valence-corrected chi connectivity index (χ4v) is 2.01. The van der Waals surface area contributed by atoms with Gasteiger partial charge in [-0.2, -0.15) is 0 Å². The molecule has 1 unspecified atom stereocenters. The summed E-state index contributed by atoms with van der Waals surface area (Å²) in [5.41, 5.74) is 4.36. The van der Waals surface area contributed by atoms with Crippen molar-refractivity contribution in [2.24, 2.45) is 5.16 Å². The van der Waals surface area contributed by atoms with E-state index in [4.69, 9.17) is 9.94 Å². The van der Waals surface area contributed by atoms with E-state index in [1.807, 2.05) is 6.07 Å². The van der Waals surface area contributed by atoms with Gasteiger partial charge in [0.05, 0.1) is 12.3 Å². The molecule has 1 aliphatic heterocycles. The summed E-state index contributed by atoms with van der Waals surface area (Å²) in [6.45, 7) is 4.13. The van der Waals surface area contributed by atoms with Gasteiger partial charge in [-0.1, -0.05) is 23.4 Å². The lowest BCUT2D eigenvalue weighted by Gasteiger charge is -2.14. The molecule has 0 radical (unpaired) electrons. The summed E-state index contributed by atoms with van der Waals surface area (Å²) in [7, 11) is 0. The Morgan fingerprint density at radius 3 is 2.60 bits per heavy atom. The first kappa shape index (κ1) is 10.2. The Balaban J connectivity index is 2.25. The second kappa shape index (κ2) is 4.03. The maximum absolute atomic E-state index is 8.96. The van der Waals surface area contributed by atoms with Gasteiger partial charge in [0, 0.05) is 12.0 Å². The Labute approximate surface area is 89.4 Å². The fourth-order valence-electron chi connectivity index (χ4n) is 2.01. The molecule has 1 aromatic carbocycles. The predicted molar refractivity (Wildman–Crippen MR) is 58.9 cm³/mol. The molecule has 1 aromatic rings. The van der Waals surface area contributed by atoms with E-state index in [2.05, 4.69) is 31.1 Å². The number of aliphatic hydroxyl groups excluding tert-OH is 1. The summed E-state index contributed by atoms with van der Waals surface area (Å²) < 4.78 is 0. The lowest BCUT2D eigenvalue weighted by Crippen LogP contribution is -2.06. The zero-order valence-electron chi connectivity index (χ0n) is 9.03. The first-order valence-corrected chi connectivity index (χ1v) is 5.11. The molecule has 0 bridgehead atoms. The predicted octanol–water partition coefficient (Wildman–Crippen LogP) is 2.11. The molecule has 0 amide bonds. The molecule has 0 spiro atoms. The van der Waals surface area contributed by atoms with Crippen LogP contribution in [0.2, 0.25) is 0 Å². The normalized spacial score (nSPS) is 19.9. The van der Waals surface area contributed by atoms with Gasteiger partial charge in [-0.25, -0.2) is 0 Å². The second-order valence-corrected chi connectivity index (χ2v) is 3.92. The number of rotatable bonds is 2. The van der Waals surface area contributed by atoms with E-state index in [1.165, 1.54) is 16.7 Å². The lowest BCUT2D eigenvalue weighted by atomic mass is 9.95. The molecule has 0 aliphatic carbocycles. The number of oxime groups is 1. The standard InChI is InChI=1S/C12H15NO2/c1-8-4-3-5-9(2)12(8)11-6-10(7-14)13-15-11/h3-5,11,14H,6-7H2,1-2H3. The molecule has 0 aromatic heterocycles. The highest BCUT2D eigenvalue weighted by molar-refractivity contribution is 5.86. The van der Waals surface area contributed by atoms with Gasteiger partial charge in [0.2, 0.25) is 0 Å². The van der Waals surface area contributed by atoms with Gasteiger partial charge in [0.15, 0.2) is 6.10 Å². The van der Waals surface area contributed by atoms with Crippen LogP contribution in [0, 0.1) is 13.8 Å². The quantitative estimate of drug-likeness (QED) is 0.803. The topological polar surface area (TPSA) is 41.8 Å². The van der Waals surface area contributed by atoms with Crippen LogP contribution in [-0.4, -0.2) is 17.4 Å². The Hall–Kier alpha value is -1.35. The van der Waals surface area contributed by atoms with Crippen molar-refractivity contribution in [2.45, 2.75) is 26.4 Å². The van der Waals surface area contributed by atoms with Gasteiger partial charge in [0.25, 0.3) is 0 Å². The molecule has 80 valence electrons. The van der Waals surface area contributed by atoms with Gasteiger partial charge in [-0.05, 0) is 25.0 Å². The second-order valence-electron chi connectivity index (χ2n) is 3.92. The van der Waals surface area contributed by atoms with Crippen LogP contribution in [0.4, 0.5) is 0 Å². The highest BCUT2D eigenvalue weighted by Crippen LogP contribution is 2.31. The average molecular weight is 205 g/mol. The van der Waals surface area contributed by atoms with Gasteiger partial charge >= 0.3 is 0 Å². The van der Waals surface area contributed by atoms with Crippen molar-refractivity contribution in [3.05, 3.63) is 34.9 Å². The van der Waals surface area contributed by atoms with E-state index in [0.29, 0.717) is 6.42 Å². The number of hydrogen-bond donors (Lipinski definition) is 1. The largest absolute Gasteiger partial charge is 0.390 e. The monoisotopic (exact) mass is 205 g/mol. The van der Waals surface area contributed by atoms with Gasteiger partial charge < -0.3 is 9.94 Å². The maximum Gasteiger partial charge on any atom is 0.158 e. The summed E-state index contributed by atoms with van der Waals surface area (Å²) >= 11 is 0. The summed E-state index contributed by atoms with van der Waals surface area (Å²) in [6.07, 6.45) is 0.677. The van der Waals surface area contributed by atoms with Crippen molar-refractivity contribution in [3.8, 4) is 0 Å². The van der Waals surface area contributed by atoms with Crippen LogP contribution in [0.1, 0.15) is 29.2 Å². The van der Waals surface area contributed by atoms with Crippen LogP contribution < -0.4 is 0 Å². The van der Waals surface area contributed by atoms with Crippen LogP contribution >= 0.6 is 0 Å². The third kappa shape index (κ3) is 1.88. The van der Waals surface area contributed by atoms with E-state index < -0.39 is 0 Å². The average Bonchev–Trinajstić information content (AvgIpc) is 2.66. The van der Waals surface area contributed by atoms with Crippen LogP contribution in [0.5, 0.6) is 0 Å². The molecule has 1 N–H and O–H groups in total. The van der Waals surface area contributed by atoms with Gasteiger partial charge in [-0.15, -0.1) is 0 Å². The third-order valence-electron chi connectivity index (χ3n) is 2.78. The zero-order valence-corrected chi connectivity index (χ0v) is 9.03. The number of benzene rings is 1. The first-order valence-electron chi connectivity index (χ1n) is 5.11. The van der Waals surface area contributed by atoms with E-state index in [1.54, 1.807) is 0 Å². The SMILES string of the molecule is Cc1cccc(C)c1C1CC(CO)=NO1. The van der Waals surface area contributed by atoms with Crippen LogP contribution in [-0.2, 0) is 4.84 Å². The molecule has 0 saturated carbocycles. The summed E-state index contributed by atoms with van der Waals surface area (Å²) in [6, 6.07) is 6.18. The highest BCUT2D eigenvalue weighted by Gasteiger charge is 2.24. The van der Waals surface area contributed by atoms with E-state index in [-0.39, 0.29) is 12.7 Å². The minimum Gasteiger partial charge on any atom is -0.390 e. The van der Waals surface area contributed by atoms with Crippen molar-refractivity contribution < 1.29 is 9.94 Å². The first-order chi connectivity index (χ1) is 7.22. The molecule has 15 heavy (non-hydrogen) atoms. The molecular weight excluding hydrogens is 190 g/mol. The van der Waals surface area contributed by atoms with Gasteiger partial charge in [-0.3, -0.25) is 0 Å². The molecule has 3 heteroatoms. The summed E-state index contributed by atoms with van der Waals surface area (Å²) in [5.74, 6) is 0. The lowest BCUT2D eigenvalue weighted by molar-refractivity contribution is 0.0847. The molecular formula is C12H15NO2. The summed E-state index contributed by atoms with van der Waals surface area (Å²) in [4.78, 5) is 5.33. The van der Waals surface area contributed by atoms with Crippen LogP contribution in [0.15, 0.2) is 23.4 Å². The van der Waals surface area contributed by atoms with E-state index in [9.17, 15) is 0 Å². The van der Waals surface area contributed by atoms with E-state index >= 15 is 0 Å². The van der Waals surface area contributed by atoms with Crippen LogP contribution in [0.3, 0.4) is 0 Å². The number of nitrogens with zero attached hydrogens (tertiary/aromatic N) is 1. The van der Waals surface area contributed by atoms with Gasteiger partial charge in [0.1, 0.15) is 0 Å². The van der Waals surface area contributed by atoms with Crippen molar-refractivity contribution in [3.63, 3.8) is 0 Å². The number of aryl methyl sites for hydroxylation is 2. The Morgan fingerprint density at radius 1 is 1.40 bits per heavy atom. The number of aliphatic hydroxyl groups is 1. The molecule has 0 fully saturated rings. The van der Waals surface area contributed by atoms with Crippen molar-refractivity contribution >= 4 is 5.71 Å². The smallest absolute Gasteiger partial charge is 0.158 e. The molecule has 1 atom stereocenters. The zero-order chi connectivity index (χ0) is 10.8. The van der Waals surface area contributed by atoms with E-state index in [0.717, 1.165) is 5.71 Å². The van der Waals surface area contributed by atoms with Crippen molar-refractivity contribution in [2.75, 3.05) is 6.61 Å². The van der Waals surface area contributed by atoms with Crippen molar-refractivity contribution in [1.82, 2.24) is 0 Å². The minimum absolute atomic E-state index is 0.0125. The highest BCUT2D eigenvalue weighted by atomic mass is 16.6. The molecule has 0 saturated heterocycles. The van der Waals surface area contributed by atoms with Crippen LogP contribution in [0.25, 0.3) is 0 Å². The molecule has 1 aliphatic rings. The number of hydrogen-bond acceptors (Lipinski definition) is 3. The van der Waals surface area contributed by atoms with Crippen molar-refractivity contribution in [1.29, 1.82) is 0 Å². The fraction of sp³-hybridized carbons (Fsp3) is 0.417. The molecule has 3 nitrogen and oxygen atoms in total. The molecule has 1 heterocycles. The Kier molecular flexibility index (Phi) is 2.73.